The Hall–Kier alpha value is -1.57. The highest BCUT2D eigenvalue weighted by Crippen LogP contribution is 2.39. The molecule has 0 bridgehead atoms. The van der Waals surface area contributed by atoms with E-state index in [-0.39, 0.29) is 17.0 Å². The van der Waals surface area contributed by atoms with Gasteiger partial charge in [0.25, 0.3) is 5.91 Å². The van der Waals surface area contributed by atoms with Crippen LogP contribution in [-0.4, -0.2) is 58.7 Å². The Kier molecular flexibility index (Phi) is 3.47. The van der Waals surface area contributed by atoms with E-state index in [9.17, 15) is 18.0 Å². The van der Waals surface area contributed by atoms with Crippen molar-refractivity contribution in [2.75, 3.05) is 33.2 Å². The van der Waals surface area contributed by atoms with Gasteiger partial charge in [0, 0.05) is 38.2 Å². The van der Waals surface area contributed by atoms with E-state index >= 15 is 0 Å². The van der Waals surface area contributed by atoms with E-state index in [0.717, 1.165) is 36.7 Å². The summed E-state index contributed by atoms with van der Waals surface area (Å²) in [5.41, 5.74) is -0.917. The van der Waals surface area contributed by atoms with Crippen LogP contribution in [0.3, 0.4) is 0 Å². The van der Waals surface area contributed by atoms with Gasteiger partial charge in [-0.1, -0.05) is 0 Å². The Morgan fingerprint density at radius 2 is 1.91 bits per heavy atom. The maximum atomic E-state index is 12.7. The molecule has 1 aromatic rings. The molecule has 0 aliphatic carbocycles. The molecule has 8 heteroatoms. The lowest BCUT2D eigenvalue weighted by molar-refractivity contribution is -0.141. The summed E-state index contributed by atoms with van der Waals surface area (Å²) in [4.78, 5) is 16.4. The first-order chi connectivity index (χ1) is 10.2. The van der Waals surface area contributed by atoms with Crippen LogP contribution in [0, 0.1) is 5.41 Å². The number of carbonyl (C=O) groups is 1. The first kappa shape index (κ1) is 15.3. The number of halogens is 3. The minimum absolute atomic E-state index is 0.00396. The number of alkyl halides is 3. The molecule has 0 aromatic carbocycles. The van der Waals surface area contributed by atoms with Crippen LogP contribution in [0.2, 0.25) is 0 Å². The van der Waals surface area contributed by atoms with E-state index < -0.39 is 11.9 Å². The molecule has 0 N–H and O–H groups in total. The molecular formula is C14H19F3N4O. The van der Waals surface area contributed by atoms with Crippen LogP contribution in [0.1, 0.15) is 29.0 Å². The molecule has 2 aliphatic rings. The third-order valence-electron chi connectivity index (χ3n) is 4.74. The summed E-state index contributed by atoms with van der Waals surface area (Å²) < 4.78 is 39.1. The molecule has 3 rings (SSSR count). The van der Waals surface area contributed by atoms with Gasteiger partial charge in [0.15, 0.2) is 5.69 Å². The molecule has 1 atom stereocenters. The molecule has 2 saturated heterocycles. The summed E-state index contributed by atoms with van der Waals surface area (Å²) in [5.74, 6) is -0.364. The fraction of sp³-hybridized carbons (Fsp3) is 0.714. The predicted octanol–water partition coefficient (Wildman–Crippen LogP) is 1.61. The van der Waals surface area contributed by atoms with Crippen LogP contribution in [0.4, 0.5) is 13.2 Å². The van der Waals surface area contributed by atoms with Crippen LogP contribution in [0.15, 0.2) is 6.07 Å². The first-order valence-corrected chi connectivity index (χ1v) is 7.29. The Morgan fingerprint density at radius 3 is 2.45 bits per heavy atom. The summed E-state index contributed by atoms with van der Waals surface area (Å²) in [6, 6.07) is 0.841. The van der Waals surface area contributed by atoms with Crippen molar-refractivity contribution in [1.29, 1.82) is 0 Å². The second kappa shape index (κ2) is 4.97. The molecule has 0 unspecified atom stereocenters. The van der Waals surface area contributed by atoms with E-state index in [1.54, 1.807) is 4.90 Å². The van der Waals surface area contributed by atoms with Crippen molar-refractivity contribution in [3.05, 3.63) is 17.5 Å². The molecule has 3 heterocycles. The highest BCUT2D eigenvalue weighted by molar-refractivity contribution is 5.93. The summed E-state index contributed by atoms with van der Waals surface area (Å²) in [6.07, 6.45) is -2.59. The molecule has 0 saturated carbocycles. The molecule has 1 amide bonds. The SMILES string of the molecule is CN1CC[C@]2(CCN(C(=O)c3cc(C(F)(F)F)nn3C)C2)C1. The van der Waals surface area contributed by atoms with Crippen molar-refractivity contribution in [3.63, 3.8) is 0 Å². The lowest BCUT2D eigenvalue weighted by Gasteiger charge is -2.23. The van der Waals surface area contributed by atoms with Gasteiger partial charge in [0.05, 0.1) is 0 Å². The Morgan fingerprint density at radius 1 is 1.23 bits per heavy atom. The van der Waals surface area contributed by atoms with Crippen molar-refractivity contribution in [3.8, 4) is 0 Å². The quantitative estimate of drug-likeness (QED) is 0.790. The molecule has 0 radical (unpaired) electrons. The van der Waals surface area contributed by atoms with Crippen molar-refractivity contribution in [1.82, 2.24) is 19.6 Å². The zero-order chi connectivity index (χ0) is 16.1. The van der Waals surface area contributed by atoms with Gasteiger partial charge >= 0.3 is 6.18 Å². The van der Waals surface area contributed by atoms with E-state index in [1.807, 2.05) is 0 Å². The van der Waals surface area contributed by atoms with Gasteiger partial charge in [0.1, 0.15) is 5.69 Å². The van der Waals surface area contributed by atoms with Gasteiger partial charge < -0.3 is 9.80 Å². The number of carbonyl (C=O) groups excluding carboxylic acids is 1. The van der Waals surface area contributed by atoms with Crippen LogP contribution in [-0.2, 0) is 13.2 Å². The number of hydrogen-bond donors (Lipinski definition) is 0. The number of rotatable bonds is 1. The predicted molar refractivity (Wildman–Crippen MR) is 73.3 cm³/mol. The van der Waals surface area contributed by atoms with E-state index in [4.69, 9.17) is 0 Å². The number of aryl methyl sites for hydroxylation is 1. The van der Waals surface area contributed by atoms with Crippen molar-refractivity contribution >= 4 is 5.91 Å². The molecule has 5 nitrogen and oxygen atoms in total. The molecule has 1 spiro atoms. The van der Waals surface area contributed by atoms with Gasteiger partial charge in [0.2, 0.25) is 0 Å². The summed E-state index contributed by atoms with van der Waals surface area (Å²) >= 11 is 0. The smallest absolute Gasteiger partial charge is 0.337 e. The van der Waals surface area contributed by atoms with Crippen molar-refractivity contribution in [2.24, 2.45) is 12.5 Å². The molecular weight excluding hydrogens is 297 g/mol. The Balaban J connectivity index is 1.77. The normalized spacial score (nSPS) is 26.3. The van der Waals surface area contributed by atoms with Crippen molar-refractivity contribution < 1.29 is 18.0 Å². The van der Waals surface area contributed by atoms with E-state index in [0.29, 0.717) is 13.1 Å². The molecule has 2 fully saturated rings. The van der Waals surface area contributed by atoms with Gasteiger partial charge in [-0.25, -0.2) is 0 Å². The van der Waals surface area contributed by atoms with Crippen LogP contribution in [0.25, 0.3) is 0 Å². The van der Waals surface area contributed by atoms with Crippen molar-refractivity contribution in [2.45, 2.75) is 19.0 Å². The summed E-state index contributed by atoms with van der Waals surface area (Å²) in [5, 5.41) is 3.41. The standard InChI is InChI=1S/C14H19F3N4O/c1-19-5-3-13(8-19)4-6-21(9-13)12(22)10-7-11(14(15,16)17)18-20(10)2/h7H,3-6,8-9H2,1-2H3/t13-/m0/s1. The van der Waals surface area contributed by atoms with Gasteiger partial charge in [-0.3, -0.25) is 9.48 Å². The lowest BCUT2D eigenvalue weighted by Crippen LogP contribution is -2.34. The highest BCUT2D eigenvalue weighted by atomic mass is 19.4. The van der Waals surface area contributed by atoms with Gasteiger partial charge in [-0.2, -0.15) is 18.3 Å². The monoisotopic (exact) mass is 316 g/mol. The zero-order valence-corrected chi connectivity index (χ0v) is 12.7. The molecule has 122 valence electrons. The third-order valence-corrected chi connectivity index (χ3v) is 4.74. The van der Waals surface area contributed by atoms with Crippen LogP contribution < -0.4 is 0 Å². The minimum atomic E-state index is -4.53. The average molecular weight is 316 g/mol. The van der Waals surface area contributed by atoms with E-state index in [2.05, 4.69) is 17.0 Å². The number of hydrogen-bond acceptors (Lipinski definition) is 3. The second-order valence-corrected chi connectivity index (χ2v) is 6.50. The number of aromatic nitrogens is 2. The minimum Gasteiger partial charge on any atom is -0.337 e. The van der Waals surface area contributed by atoms with Crippen LogP contribution in [0.5, 0.6) is 0 Å². The maximum Gasteiger partial charge on any atom is 0.435 e. The Labute approximate surface area is 126 Å². The second-order valence-electron chi connectivity index (χ2n) is 6.50. The number of amides is 1. The van der Waals surface area contributed by atoms with E-state index in [1.165, 1.54) is 7.05 Å². The fourth-order valence-corrected chi connectivity index (χ4v) is 3.57. The molecule has 22 heavy (non-hydrogen) atoms. The largest absolute Gasteiger partial charge is 0.435 e. The Bertz CT molecular complexity index is 597. The molecule has 2 aliphatic heterocycles. The average Bonchev–Trinajstić information content (AvgIpc) is 3.09. The summed E-state index contributed by atoms with van der Waals surface area (Å²) in [7, 11) is 3.42. The number of likely N-dealkylation sites (tertiary alicyclic amines) is 2. The third kappa shape index (κ3) is 2.60. The zero-order valence-electron chi connectivity index (χ0n) is 12.7. The fourth-order valence-electron chi connectivity index (χ4n) is 3.57. The topological polar surface area (TPSA) is 41.4 Å². The maximum absolute atomic E-state index is 12.7. The van der Waals surface area contributed by atoms with Crippen LogP contribution >= 0.6 is 0 Å². The lowest BCUT2D eigenvalue weighted by atomic mass is 9.86. The van der Waals surface area contributed by atoms with Gasteiger partial charge in [-0.05, 0) is 26.4 Å². The molecule has 1 aromatic heterocycles. The summed E-state index contributed by atoms with van der Waals surface area (Å²) in [6.45, 7) is 3.16. The van der Waals surface area contributed by atoms with Gasteiger partial charge in [-0.15, -0.1) is 0 Å². The first-order valence-electron chi connectivity index (χ1n) is 7.29. The highest BCUT2D eigenvalue weighted by Gasteiger charge is 2.44. The number of nitrogens with zero attached hydrogens (tertiary/aromatic N) is 4.